The maximum Gasteiger partial charge on any atom is 0.350 e. The van der Waals surface area contributed by atoms with Crippen molar-refractivity contribution in [1.29, 1.82) is 0 Å². The number of amides is 2. The smallest absolute Gasteiger partial charge is 0.350 e. The van der Waals surface area contributed by atoms with Crippen LogP contribution in [-0.4, -0.2) is 60.4 Å². The standard InChI is InChI=1S/C20H16ClFN2O4S2/c21-17-13-4-3-12(22)10-15(13)30-18(17)20(27)28-11-16(25)23-5-7-24(8-6-23)19(26)14-2-1-9-29-14/h1-4,9-10H,5-8,11H2. The number of nitrogens with zero attached hydrogens (tertiary/aromatic N) is 2. The van der Waals surface area contributed by atoms with Gasteiger partial charge in [0.1, 0.15) is 10.7 Å². The summed E-state index contributed by atoms with van der Waals surface area (Å²) in [6.45, 7) is 1.16. The predicted octanol–water partition coefficient (Wildman–Crippen LogP) is 3.90. The molecule has 6 nitrogen and oxygen atoms in total. The van der Waals surface area contributed by atoms with Crippen molar-refractivity contribution in [3.8, 4) is 0 Å². The van der Waals surface area contributed by atoms with Crippen LogP contribution in [-0.2, 0) is 9.53 Å². The Morgan fingerprint density at radius 1 is 1.10 bits per heavy atom. The second-order valence-corrected chi connectivity index (χ2v) is 8.99. The predicted molar refractivity (Wildman–Crippen MR) is 114 cm³/mol. The molecule has 0 aliphatic carbocycles. The fourth-order valence-electron chi connectivity index (χ4n) is 3.17. The summed E-state index contributed by atoms with van der Waals surface area (Å²) in [5, 5.41) is 2.60. The monoisotopic (exact) mass is 466 g/mol. The zero-order valence-electron chi connectivity index (χ0n) is 15.6. The molecule has 1 aliphatic heterocycles. The first kappa shape index (κ1) is 20.8. The van der Waals surface area contributed by atoms with Gasteiger partial charge in [0, 0.05) is 36.3 Å². The van der Waals surface area contributed by atoms with Gasteiger partial charge in [-0.25, -0.2) is 9.18 Å². The van der Waals surface area contributed by atoms with Crippen LogP contribution in [0.1, 0.15) is 19.3 Å². The van der Waals surface area contributed by atoms with Crippen molar-refractivity contribution < 1.29 is 23.5 Å². The Morgan fingerprint density at radius 3 is 2.53 bits per heavy atom. The first-order valence-electron chi connectivity index (χ1n) is 9.09. The summed E-state index contributed by atoms with van der Waals surface area (Å²) in [6, 6.07) is 7.67. The lowest BCUT2D eigenvalue weighted by Crippen LogP contribution is -2.51. The van der Waals surface area contributed by atoms with Crippen LogP contribution in [0.4, 0.5) is 4.39 Å². The first-order chi connectivity index (χ1) is 14.4. The van der Waals surface area contributed by atoms with E-state index in [0.29, 0.717) is 41.1 Å². The number of fused-ring (bicyclic) bond motifs is 1. The maximum absolute atomic E-state index is 13.4. The Morgan fingerprint density at radius 2 is 1.83 bits per heavy atom. The number of rotatable bonds is 4. The minimum absolute atomic E-state index is 0.0423. The fraction of sp³-hybridized carbons (Fsp3) is 0.250. The Hall–Kier alpha value is -2.49. The number of hydrogen-bond acceptors (Lipinski definition) is 6. The van der Waals surface area contributed by atoms with Crippen LogP contribution < -0.4 is 0 Å². The second-order valence-electron chi connectivity index (χ2n) is 6.61. The van der Waals surface area contributed by atoms with E-state index in [1.165, 1.54) is 29.5 Å². The van der Waals surface area contributed by atoms with Crippen molar-refractivity contribution in [2.24, 2.45) is 0 Å². The van der Waals surface area contributed by atoms with Crippen LogP contribution in [0.25, 0.3) is 10.1 Å². The Labute approximate surface area is 184 Å². The molecule has 0 unspecified atom stereocenters. The van der Waals surface area contributed by atoms with Crippen molar-refractivity contribution >= 4 is 62.1 Å². The molecule has 3 heterocycles. The lowest BCUT2D eigenvalue weighted by molar-refractivity contribution is -0.136. The topological polar surface area (TPSA) is 66.9 Å². The van der Waals surface area contributed by atoms with Crippen molar-refractivity contribution in [2.45, 2.75) is 0 Å². The molecule has 10 heteroatoms. The minimum atomic E-state index is -0.721. The molecule has 1 fully saturated rings. The van der Waals surface area contributed by atoms with E-state index in [9.17, 15) is 18.8 Å². The van der Waals surface area contributed by atoms with Gasteiger partial charge in [-0.3, -0.25) is 9.59 Å². The van der Waals surface area contributed by atoms with E-state index in [1.54, 1.807) is 15.9 Å². The van der Waals surface area contributed by atoms with Crippen molar-refractivity contribution in [3.05, 3.63) is 56.3 Å². The van der Waals surface area contributed by atoms with Gasteiger partial charge in [-0.15, -0.1) is 22.7 Å². The van der Waals surface area contributed by atoms with E-state index in [-0.39, 0.29) is 21.7 Å². The number of halogens is 2. The summed E-state index contributed by atoms with van der Waals surface area (Å²) in [6.07, 6.45) is 0. The summed E-state index contributed by atoms with van der Waals surface area (Å²) >= 11 is 8.62. The molecule has 4 rings (SSSR count). The molecule has 3 aromatic rings. The van der Waals surface area contributed by atoms with E-state index in [0.717, 1.165) is 11.3 Å². The summed E-state index contributed by atoms with van der Waals surface area (Å²) in [7, 11) is 0. The molecule has 0 N–H and O–H groups in total. The van der Waals surface area contributed by atoms with E-state index in [4.69, 9.17) is 16.3 Å². The van der Waals surface area contributed by atoms with Crippen LogP contribution in [0.3, 0.4) is 0 Å². The zero-order valence-corrected chi connectivity index (χ0v) is 18.0. The van der Waals surface area contributed by atoms with E-state index < -0.39 is 18.4 Å². The molecular weight excluding hydrogens is 451 g/mol. The highest BCUT2D eigenvalue weighted by molar-refractivity contribution is 7.21. The lowest BCUT2D eigenvalue weighted by atomic mass is 10.2. The average molecular weight is 467 g/mol. The Bertz CT molecular complexity index is 1110. The summed E-state index contributed by atoms with van der Waals surface area (Å²) in [5.41, 5.74) is 0. The van der Waals surface area contributed by atoms with Gasteiger partial charge in [-0.05, 0) is 29.6 Å². The number of ether oxygens (including phenoxy) is 1. The van der Waals surface area contributed by atoms with Gasteiger partial charge >= 0.3 is 5.97 Å². The molecule has 0 saturated carbocycles. The normalized spacial score (nSPS) is 14.2. The van der Waals surface area contributed by atoms with Gasteiger partial charge < -0.3 is 14.5 Å². The fourth-order valence-corrected chi connectivity index (χ4v) is 5.29. The Balaban J connectivity index is 1.31. The minimum Gasteiger partial charge on any atom is -0.451 e. The largest absolute Gasteiger partial charge is 0.451 e. The lowest BCUT2D eigenvalue weighted by Gasteiger charge is -2.34. The second kappa shape index (κ2) is 8.71. The molecule has 0 atom stereocenters. The molecule has 2 amide bonds. The van der Waals surface area contributed by atoms with Gasteiger partial charge in [-0.2, -0.15) is 0 Å². The number of carbonyl (C=O) groups excluding carboxylic acids is 3. The van der Waals surface area contributed by atoms with Crippen LogP contribution in [0.2, 0.25) is 5.02 Å². The molecule has 2 aromatic heterocycles. The van der Waals surface area contributed by atoms with Gasteiger partial charge in [0.2, 0.25) is 0 Å². The third kappa shape index (κ3) is 4.19. The van der Waals surface area contributed by atoms with Gasteiger partial charge in [-0.1, -0.05) is 17.7 Å². The SMILES string of the molecule is O=C(OCC(=O)N1CCN(C(=O)c2cccs2)CC1)c1sc2cc(F)ccc2c1Cl. The van der Waals surface area contributed by atoms with E-state index in [1.807, 2.05) is 11.4 Å². The summed E-state index contributed by atoms with van der Waals surface area (Å²) in [4.78, 5) is 41.2. The van der Waals surface area contributed by atoms with Crippen molar-refractivity contribution in [2.75, 3.05) is 32.8 Å². The van der Waals surface area contributed by atoms with Gasteiger partial charge in [0.05, 0.1) is 9.90 Å². The van der Waals surface area contributed by atoms with Crippen molar-refractivity contribution in [3.63, 3.8) is 0 Å². The molecular formula is C20H16ClFN2O4S2. The number of benzene rings is 1. The molecule has 156 valence electrons. The quantitative estimate of drug-likeness (QED) is 0.547. The number of thiophene rings is 2. The molecule has 1 aliphatic rings. The molecule has 0 spiro atoms. The zero-order chi connectivity index (χ0) is 21.3. The van der Waals surface area contributed by atoms with E-state index in [2.05, 4.69) is 0 Å². The Kier molecular flexibility index (Phi) is 6.03. The van der Waals surface area contributed by atoms with Gasteiger partial charge in [0.25, 0.3) is 11.8 Å². The highest BCUT2D eigenvalue weighted by Crippen LogP contribution is 2.36. The molecule has 30 heavy (non-hydrogen) atoms. The number of hydrogen-bond donors (Lipinski definition) is 0. The van der Waals surface area contributed by atoms with E-state index >= 15 is 0 Å². The summed E-state index contributed by atoms with van der Waals surface area (Å²) < 4.78 is 19.0. The highest BCUT2D eigenvalue weighted by atomic mass is 35.5. The first-order valence-corrected chi connectivity index (χ1v) is 11.2. The van der Waals surface area contributed by atoms with Crippen LogP contribution in [0.5, 0.6) is 0 Å². The number of esters is 1. The van der Waals surface area contributed by atoms with Crippen LogP contribution in [0, 0.1) is 5.82 Å². The number of carbonyl (C=O) groups is 3. The third-order valence-electron chi connectivity index (χ3n) is 4.76. The molecule has 0 radical (unpaired) electrons. The molecule has 1 saturated heterocycles. The van der Waals surface area contributed by atoms with Gasteiger partial charge in [0.15, 0.2) is 6.61 Å². The van der Waals surface area contributed by atoms with Crippen LogP contribution >= 0.6 is 34.3 Å². The highest BCUT2D eigenvalue weighted by Gasteiger charge is 2.26. The average Bonchev–Trinajstić information content (AvgIpc) is 3.40. The third-order valence-corrected chi connectivity index (χ3v) is 7.25. The summed E-state index contributed by atoms with van der Waals surface area (Å²) in [5.74, 6) is -1.53. The number of piperazine rings is 1. The maximum atomic E-state index is 13.4. The molecule has 1 aromatic carbocycles. The molecule has 0 bridgehead atoms. The van der Waals surface area contributed by atoms with Crippen molar-refractivity contribution in [1.82, 2.24) is 9.80 Å². The van der Waals surface area contributed by atoms with Crippen LogP contribution in [0.15, 0.2) is 35.7 Å².